The predicted octanol–water partition coefficient (Wildman–Crippen LogP) is 2.34. The van der Waals surface area contributed by atoms with E-state index in [1.807, 2.05) is 0 Å². The van der Waals surface area contributed by atoms with Gasteiger partial charge in [0.2, 0.25) is 0 Å². The van der Waals surface area contributed by atoms with E-state index >= 15 is 0 Å². The summed E-state index contributed by atoms with van der Waals surface area (Å²) >= 11 is 0. The number of hydrogen-bond acceptors (Lipinski definition) is 5. The number of nitro groups is 1. The Morgan fingerprint density at radius 3 is 2.88 bits per heavy atom. The number of oxazole rings is 1. The average molecular weight is 230 g/mol. The van der Waals surface area contributed by atoms with E-state index < -0.39 is 17.5 Å². The van der Waals surface area contributed by atoms with Crippen LogP contribution in [0.2, 0.25) is 0 Å². The molecular formula is C8H4F2N2O4. The number of rotatable bonds is 3. The van der Waals surface area contributed by atoms with Crippen LogP contribution in [0.1, 0.15) is 0 Å². The van der Waals surface area contributed by atoms with Crippen molar-refractivity contribution in [3.63, 3.8) is 0 Å². The Hall–Kier alpha value is -2.25. The van der Waals surface area contributed by atoms with E-state index in [-0.39, 0.29) is 16.8 Å². The summed E-state index contributed by atoms with van der Waals surface area (Å²) in [5.74, 6) is -0.260. The normalized spacial score (nSPS) is 10.9. The highest BCUT2D eigenvalue weighted by Gasteiger charge is 2.22. The summed E-state index contributed by atoms with van der Waals surface area (Å²) < 4.78 is 32.9. The minimum absolute atomic E-state index is 0.0184. The van der Waals surface area contributed by atoms with E-state index in [0.717, 1.165) is 0 Å². The van der Waals surface area contributed by atoms with Gasteiger partial charge in [0, 0.05) is 9.91 Å². The van der Waals surface area contributed by atoms with E-state index in [0.29, 0.717) is 0 Å². The highest BCUT2D eigenvalue weighted by Crippen LogP contribution is 2.29. The highest BCUT2D eigenvalue weighted by atomic mass is 19.3. The Kier molecular flexibility index (Phi) is 2.39. The molecule has 2 rings (SSSR count). The first-order valence-electron chi connectivity index (χ1n) is 4.06. The Morgan fingerprint density at radius 1 is 1.50 bits per heavy atom. The van der Waals surface area contributed by atoms with Gasteiger partial charge in [-0.1, -0.05) is 6.07 Å². The molecule has 16 heavy (non-hydrogen) atoms. The molecule has 0 fully saturated rings. The largest absolute Gasteiger partial charge is 0.546 e. The van der Waals surface area contributed by atoms with Crippen molar-refractivity contribution in [2.24, 2.45) is 0 Å². The van der Waals surface area contributed by atoms with Gasteiger partial charge in [0.15, 0.2) is 11.3 Å². The lowest BCUT2D eigenvalue weighted by Crippen LogP contribution is -2.02. The summed E-state index contributed by atoms with van der Waals surface area (Å²) in [7, 11) is 0. The second kappa shape index (κ2) is 3.72. The first-order chi connectivity index (χ1) is 7.58. The van der Waals surface area contributed by atoms with Gasteiger partial charge in [0.05, 0.1) is 0 Å². The standard InChI is InChI=1S/C8H4F2N2O4/c9-7(10)15-4-2-1-3-5-6(4)11-8(16-5)12(13)14/h1-3,7H. The lowest BCUT2D eigenvalue weighted by atomic mass is 10.3. The monoisotopic (exact) mass is 230 g/mol. The molecule has 8 heteroatoms. The zero-order chi connectivity index (χ0) is 11.7. The first-order valence-corrected chi connectivity index (χ1v) is 4.06. The maximum absolute atomic E-state index is 12.0. The minimum atomic E-state index is -3.03. The van der Waals surface area contributed by atoms with Crippen LogP contribution in [0.4, 0.5) is 14.8 Å². The van der Waals surface area contributed by atoms with Crippen LogP contribution >= 0.6 is 0 Å². The maximum atomic E-state index is 12.0. The van der Waals surface area contributed by atoms with E-state index in [1.54, 1.807) is 0 Å². The molecule has 0 bridgehead atoms. The van der Waals surface area contributed by atoms with E-state index in [4.69, 9.17) is 4.42 Å². The van der Waals surface area contributed by atoms with Crippen LogP contribution in [-0.4, -0.2) is 16.5 Å². The average Bonchev–Trinajstić information content (AvgIpc) is 2.61. The van der Waals surface area contributed by atoms with Crippen molar-refractivity contribution in [1.82, 2.24) is 4.98 Å². The SMILES string of the molecule is O=[N+]([O-])c1nc2c(OC(F)F)cccc2o1. The Bertz CT molecular complexity index is 540. The number of nitrogens with zero attached hydrogens (tertiary/aromatic N) is 2. The number of para-hydroxylation sites is 1. The molecule has 0 radical (unpaired) electrons. The van der Waals surface area contributed by atoms with Crippen molar-refractivity contribution in [3.05, 3.63) is 28.3 Å². The fourth-order valence-corrected chi connectivity index (χ4v) is 1.18. The highest BCUT2D eigenvalue weighted by molar-refractivity contribution is 5.80. The quantitative estimate of drug-likeness (QED) is 0.597. The van der Waals surface area contributed by atoms with Gasteiger partial charge in [-0.2, -0.15) is 8.78 Å². The molecule has 1 aromatic carbocycles. The van der Waals surface area contributed by atoms with Gasteiger partial charge >= 0.3 is 12.6 Å². The van der Waals surface area contributed by atoms with Crippen molar-refractivity contribution < 1.29 is 22.9 Å². The Morgan fingerprint density at radius 2 is 2.25 bits per heavy atom. The molecule has 1 heterocycles. The van der Waals surface area contributed by atoms with Gasteiger partial charge in [-0.25, -0.2) is 0 Å². The molecule has 2 aromatic rings. The minimum Gasteiger partial charge on any atom is -0.430 e. The summed E-state index contributed by atoms with van der Waals surface area (Å²) in [6.45, 7) is -3.03. The molecule has 0 saturated carbocycles. The van der Waals surface area contributed by atoms with Crippen molar-refractivity contribution in [2.45, 2.75) is 6.61 Å². The zero-order valence-electron chi connectivity index (χ0n) is 7.59. The Balaban J connectivity index is 2.54. The van der Waals surface area contributed by atoms with Gasteiger partial charge < -0.3 is 19.3 Å². The number of fused-ring (bicyclic) bond motifs is 1. The van der Waals surface area contributed by atoms with Crippen molar-refractivity contribution in [2.75, 3.05) is 0 Å². The molecule has 6 nitrogen and oxygen atoms in total. The molecule has 0 aliphatic carbocycles. The summed E-state index contributed by atoms with van der Waals surface area (Å²) in [6, 6.07) is 3.20. The summed E-state index contributed by atoms with van der Waals surface area (Å²) in [6.07, 6.45) is 0. The van der Waals surface area contributed by atoms with Crippen LogP contribution in [-0.2, 0) is 0 Å². The molecule has 0 aliphatic heterocycles. The van der Waals surface area contributed by atoms with Crippen LogP contribution in [0.3, 0.4) is 0 Å². The van der Waals surface area contributed by atoms with E-state index in [9.17, 15) is 18.9 Å². The van der Waals surface area contributed by atoms with Crippen LogP contribution in [0.25, 0.3) is 11.1 Å². The second-order valence-electron chi connectivity index (χ2n) is 2.73. The lowest BCUT2D eigenvalue weighted by Gasteiger charge is -2.00. The van der Waals surface area contributed by atoms with Gasteiger partial charge in [-0.15, -0.1) is 0 Å². The third kappa shape index (κ3) is 1.76. The van der Waals surface area contributed by atoms with Crippen molar-refractivity contribution in [1.29, 1.82) is 0 Å². The fourth-order valence-electron chi connectivity index (χ4n) is 1.18. The number of halogens is 2. The van der Waals surface area contributed by atoms with E-state index in [1.165, 1.54) is 18.2 Å². The van der Waals surface area contributed by atoms with Gasteiger partial charge in [-0.05, 0) is 12.1 Å². The molecule has 84 valence electrons. The summed E-state index contributed by atoms with van der Waals surface area (Å²) in [5, 5.41) is 10.4. The number of ether oxygens (including phenoxy) is 1. The zero-order valence-corrected chi connectivity index (χ0v) is 7.59. The van der Waals surface area contributed by atoms with Crippen LogP contribution < -0.4 is 4.74 Å². The molecule has 1 aromatic heterocycles. The van der Waals surface area contributed by atoms with Gasteiger partial charge in [0.1, 0.15) is 0 Å². The molecule has 0 atom stereocenters. The molecular weight excluding hydrogens is 226 g/mol. The lowest BCUT2D eigenvalue weighted by molar-refractivity contribution is -0.406. The Labute approximate surface area is 86.6 Å². The van der Waals surface area contributed by atoms with Crippen molar-refractivity contribution in [3.8, 4) is 5.75 Å². The molecule has 0 unspecified atom stereocenters. The molecule has 0 saturated heterocycles. The molecule has 0 amide bonds. The first kappa shape index (κ1) is 10.3. The molecule has 0 aliphatic rings. The maximum Gasteiger partial charge on any atom is 0.546 e. The van der Waals surface area contributed by atoms with Crippen LogP contribution in [0.15, 0.2) is 22.6 Å². The fraction of sp³-hybridized carbons (Fsp3) is 0.125. The summed E-state index contributed by atoms with van der Waals surface area (Å²) in [4.78, 5) is 13.0. The van der Waals surface area contributed by atoms with Crippen molar-refractivity contribution >= 4 is 17.1 Å². The predicted molar refractivity (Wildman–Crippen MR) is 47.3 cm³/mol. The summed E-state index contributed by atoms with van der Waals surface area (Å²) in [5.41, 5.74) is -0.0839. The molecule has 0 spiro atoms. The number of hydrogen-bond donors (Lipinski definition) is 0. The number of benzene rings is 1. The molecule has 0 N–H and O–H groups in total. The third-order valence-corrected chi connectivity index (χ3v) is 1.74. The van der Waals surface area contributed by atoms with Crippen LogP contribution in [0, 0.1) is 10.1 Å². The van der Waals surface area contributed by atoms with E-state index in [2.05, 4.69) is 9.72 Å². The van der Waals surface area contributed by atoms with Gasteiger partial charge in [0.25, 0.3) is 5.52 Å². The third-order valence-electron chi connectivity index (χ3n) is 1.74. The smallest absolute Gasteiger partial charge is 0.430 e. The topological polar surface area (TPSA) is 78.4 Å². The van der Waals surface area contributed by atoms with Crippen LogP contribution in [0.5, 0.6) is 5.75 Å². The van der Waals surface area contributed by atoms with Gasteiger partial charge in [-0.3, -0.25) is 0 Å². The second-order valence-corrected chi connectivity index (χ2v) is 2.73. The number of alkyl halides is 2. The number of aromatic nitrogens is 1.